The first kappa shape index (κ1) is 19.6. The van der Waals surface area contributed by atoms with Crippen LogP contribution < -0.4 is 5.73 Å². The van der Waals surface area contributed by atoms with Crippen molar-refractivity contribution in [3.8, 4) is 0 Å². The van der Waals surface area contributed by atoms with Crippen molar-refractivity contribution in [2.24, 2.45) is 17.9 Å². The van der Waals surface area contributed by atoms with Crippen LogP contribution in [0, 0.1) is 6.92 Å². The Morgan fingerprint density at radius 1 is 1.29 bits per heavy atom. The number of carbonyl (C=O) groups is 1. The third-order valence-electron chi connectivity index (χ3n) is 3.92. The maximum absolute atomic E-state index is 12.6. The van der Waals surface area contributed by atoms with E-state index in [1.54, 1.807) is 14.0 Å². The summed E-state index contributed by atoms with van der Waals surface area (Å²) in [7, 11) is 1.69. The molecule has 0 aliphatic rings. The highest BCUT2D eigenvalue weighted by Crippen LogP contribution is 2.30. The van der Waals surface area contributed by atoms with Gasteiger partial charge < -0.3 is 10.6 Å². The molecular formula is C17H13ClF3N5O2. The van der Waals surface area contributed by atoms with E-state index in [4.69, 9.17) is 22.2 Å². The number of alkyl halides is 3. The van der Waals surface area contributed by atoms with E-state index in [1.807, 2.05) is 0 Å². The van der Waals surface area contributed by atoms with Gasteiger partial charge >= 0.3 is 12.1 Å². The molecule has 11 heteroatoms. The second-order valence-corrected chi connectivity index (χ2v) is 6.20. The zero-order valence-electron chi connectivity index (χ0n) is 14.6. The molecule has 0 bridgehead atoms. The number of aryl methyl sites for hydroxylation is 2. The lowest BCUT2D eigenvalue weighted by atomic mass is 10.1. The van der Waals surface area contributed by atoms with E-state index in [1.165, 1.54) is 10.9 Å². The van der Waals surface area contributed by atoms with Crippen LogP contribution in [-0.2, 0) is 18.1 Å². The summed E-state index contributed by atoms with van der Waals surface area (Å²) in [5.41, 5.74) is 6.01. The van der Waals surface area contributed by atoms with Crippen LogP contribution in [0.2, 0.25) is 5.02 Å². The summed E-state index contributed by atoms with van der Waals surface area (Å²) in [6, 6.07) is 3.93. The first-order chi connectivity index (χ1) is 13.1. The molecule has 0 fully saturated rings. The van der Waals surface area contributed by atoms with Crippen molar-refractivity contribution in [2.45, 2.75) is 13.1 Å². The van der Waals surface area contributed by atoms with Crippen molar-refractivity contribution in [3.63, 3.8) is 0 Å². The van der Waals surface area contributed by atoms with Gasteiger partial charge in [0.05, 0.1) is 27.2 Å². The Hall–Kier alpha value is -3.14. The third kappa shape index (κ3) is 3.63. The lowest BCUT2D eigenvalue weighted by molar-refractivity contribution is -0.137. The van der Waals surface area contributed by atoms with Gasteiger partial charge in [-0.05, 0) is 19.1 Å². The van der Waals surface area contributed by atoms with Crippen LogP contribution in [0.15, 0.2) is 35.6 Å². The standard InChI is InChI=1S/C17H13ClF3N5O2/c1-8-12-13(18)11(7-23-15(12)26(2)24-8)16(27)28-25-14(22)9-3-5-10(6-4-9)17(19,20)21/h3-7H,1-2H3,(H2,22,25). The molecular weight excluding hydrogens is 399 g/mol. The minimum absolute atomic E-state index is 0.0470. The second-order valence-electron chi connectivity index (χ2n) is 5.82. The van der Waals surface area contributed by atoms with E-state index in [9.17, 15) is 18.0 Å². The largest absolute Gasteiger partial charge is 0.416 e. The minimum Gasteiger partial charge on any atom is -0.380 e. The van der Waals surface area contributed by atoms with Crippen LogP contribution in [0.3, 0.4) is 0 Å². The van der Waals surface area contributed by atoms with Crippen molar-refractivity contribution >= 4 is 34.4 Å². The average Bonchev–Trinajstić information content (AvgIpc) is 2.93. The average molecular weight is 412 g/mol. The van der Waals surface area contributed by atoms with Gasteiger partial charge in [-0.25, -0.2) is 9.78 Å². The molecule has 28 heavy (non-hydrogen) atoms. The van der Waals surface area contributed by atoms with Crippen molar-refractivity contribution in [1.82, 2.24) is 14.8 Å². The van der Waals surface area contributed by atoms with Gasteiger partial charge in [-0.3, -0.25) is 4.68 Å². The number of oxime groups is 1. The minimum atomic E-state index is -4.47. The maximum atomic E-state index is 12.6. The van der Waals surface area contributed by atoms with Crippen LogP contribution in [0.25, 0.3) is 11.0 Å². The van der Waals surface area contributed by atoms with Gasteiger partial charge in [-0.2, -0.15) is 18.3 Å². The lowest BCUT2D eigenvalue weighted by Crippen LogP contribution is -2.16. The van der Waals surface area contributed by atoms with E-state index in [0.717, 1.165) is 24.3 Å². The molecule has 2 N–H and O–H groups in total. The quantitative estimate of drug-likeness (QED) is 0.308. The predicted octanol–water partition coefficient (Wildman–Crippen LogP) is 3.43. The summed E-state index contributed by atoms with van der Waals surface area (Å²) in [4.78, 5) is 21.2. The van der Waals surface area contributed by atoms with Crippen LogP contribution >= 0.6 is 11.6 Å². The fraction of sp³-hybridized carbons (Fsp3) is 0.176. The number of pyridine rings is 1. The highest BCUT2D eigenvalue weighted by molar-refractivity contribution is 6.38. The van der Waals surface area contributed by atoms with Crippen molar-refractivity contribution < 1.29 is 22.8 Å². The van der Waals surface area contributed by atoms with E-state index >= 15 is 0 Å². The molecule has 7 nitrogen and oxygen atoms in total. The molecule has 0 aliphatic carbocycles. The number of hydrogen-bond donors (Lipinski definition) is 1. The summed E-state index contributed by atoms with van der Waals surface area (Å²) in [5.74, 6) is -1.19. The fourth-order valence-corrected chi connectivity index (χ4v) is 2.88. The van der Waals surface area contributed by atoms with Crippen LogP contribution in [0.5, 0.6) is 0 Å². The summed E-state index contributed by atoms with van der Waals surface area (Å²) in [6.45, 7) is 1.71. The Morgan fingerprint density at radius 3 is 2.54 bits per heavy atom. The monoisotopic (exact) mass is 411 g/mol. The number of nitrogens with zero attached hydrogens (tertiary/aromatic N) is 4. The molecule has 2 aromatic heterocycles. The van der Waals surface area contributed by atoms with Gasteiger partial charge in [0.25, 0.3) is 0 Å². The van der Waals surface area contributed by atoms with Crippen LogP contribution in [0.4, 0.5) is 13.2 Å². The molecule has 3 aromatic rings. The topological polar surface area (TPSA) is 95.4 Å². The number of carbonyl (C=O) groups excluding carboxylic acids is 1. The summed E-state index contributed by atoms with van der Waals surface area (Å²) in [5, 5.41) is 8.25. The molecule has 146 valence electrons. The van der Waals surface area contributed by atoms with Gasteiger partial charge in [0.15, 0.2) is 11.5 Å². The second kappa shape index (κ2) is 7.12. The number of rotatable bonds is 3. The maximum Gasteiger partial charge on any atom is 0.416 e. The molecule has 3 rings (SSSR count). The summed E-state index contributed by atoms with van der Waals surface area (Å²) >= 11 is 6.27. The normalized spacial score (nSPS) is 12.4. The Bertz CT molecular complexity index is 1090. The number of hydrogen-bond acceptors (Lipinski definition) is 5. The van der Waals surface area contributed by atoms with Gasteiger partial charge in [0, 0.05) is 18.8 Å². The van der Waals surface area contributed by atoms with Gasteiger partial charge in [0.1, 0.15) is 0 Å². The van der Waals surface area contributed by atoms with Crippen molar-refractivity contribution in [1.29, 1.82) is 0 Å². The number of aromatic nitrogens is 3. The highest BCUT2D eigenvalue weighted by atomic mass is 35.5. The highest BCUT2D eigenvalue weighted by Gasteiger charge is 2.30. The molecule has 0 radical (unpaired) electrons. The molecule has 0 aliphatic heterocycles. The number of benzene rings is 1. The predicted molar refractivity (Wildman–Crippen MR) is 95.8 cm³/mol. The van der Waals surface area contributed by atoms with Gasteiger partial charge in [-0.15, -0.1) is 0 Å². The molecule has 0 saturated heterocycles. The zero-order valence-corrected chi connectivity index (χ0v) is 15.3. The first-order valence-electron chi connectivity index (χ1n) is 7.80. The number of nitrogens with two attached hydrogens (primary N) is 1. The molecule has 0 unspecified atom stereocenters. The number of amidine groups is 1. The van der Waals surface area contributed by atoms with E-state index in [2.05, 4.69) is 15.2 Å². The molecule has 1 aromatic carbocycles. The van der Waals surface area contributed by atoms with Crippen LogP contribution in [0.1, 0.15) is 27.2 Å². The lowest BCUT2D eigenvalue weighted by Gasteiger charge is -2.07. The van der Waals surface area contributed by atoms with Gasteiger partial charge in [0.2, 0.25) is 0 Å². The summed E-state index contributed by atoms with van der Waals surface area (Å²) in [6.07, 6.45) is -3.25. The van der Waals surface area contributed by atoms with E-state index in [0.29, 0.717) is 16.7 Å². The van der Waals surface area contributed by atoms with Crippen molar-refractivity contribution in [2.75, 3.05) is 0 Å². The van der Waals surface area contributed by atoms with Crippen molar-refractivity contribution in [3.05, 3.63) is 57.9 Å². The zero-order chi connectivity index (χ0) is 20.6. The number of halogens is 4. The molecule has 0 amide bonds. The Labute approximate surface area is 161 Å². The van der Waals surface area contributed by atoms with E-state index in [-0.39, 0.29) is 22.0 Å². The third-order valence-corrected chi connectivity index (χ3v) is 4.31. The Morgan fingerprint density at radius 2 is 1.93 bits per heavy atom. The van der Waals surface area contributed by atoms with Crippen LogP contribution in [-0.4, -0.2) is 26.6 Å². The molecule has 0 atom stereocenters. The number of fused-ring (bicyclic) bond motifs is 1. The SMILES string of the molecule is Cc1nn(C)c2ncc(C(=O)O/N=C(\N)c3ccc(C(F)(F)F)cc3)c(Cl)c12. The molecule has 0 spiro atoms. The van der Waals surface area contributed by atoms with Gasteiger partial charge in [-0.1, -0.05) is 28.9 Å². The van der Waals surface area contributed by atoms with E-state index < -0.39 is 17.7 Å². The Kier molecular flexibility index (Phi) is 4.99. The summed E-state index contributed by atoms with van der Waals surface area (Å²) < 4.78 is 39.3. The smallest absolute Gasteiger partial charge is 0.380 e. The fourth-order valence-electron chi connectivity index (χ4n) is 2.53. The molecule has 0 saturated carbocycles. The first-order valence-corrected chi connectivity index (χ1v) is 8.17. The molecule has 2 heterocycles. The Balaban J connectivity index is 1.82.